The zero-order valence-electron chi connectivity index (χ0n) is 11.3. The van der Waals surface area contributed by atoms with E-state index in [-0.39, 0.29) is 13.2 Å². The summed E-state index contributed by atoms with van der Waals surface area (Å²) in [5.74, 6) is -2.12. The number of aromatic nitrogens is 2. The van der Waals surface area contributed by atoms with E-state index >= 15 is 0 Å². The van der Waals surface area contributed by atoms with Gasteiger partial charge in [0, 0.05) is 6.20 Å². The van der Waals surface area contributed by atoms with Gasteiger partial charge < -0.3 is 15.2 Å². The number of carboxylic acids is 1. The summed E-state index contributed by atoms with van der Waals surface area (Å²) in [6.45, 7) is 2.65. The molecule has 0 aliphatic heterocycles. The minimum atomic E-state index is -4.61. The Bertz CT molecular complexity index is 542. The molecule has 122 valence electrons. The smallest absolute Gasteiger partial charge is 0.435 e. The Kier molecular flexibility index (Phi) is 6.11. The molecule has 2 N–H and O–H groups in total. The first kappa shape index (κ1) is 17.7. The highest BCUT2D eigenvalue weighted by molar-refractivity contribution is 5.83. The van der Waals surface area contributed by atoms with Gasteiger partial charge in [0.15, 0.2) is 11.7 Å². The Balaban J connectivity index is 2.58. The highest BCUT2D eigenvalue weighted by atomic mass is 19.4. The van der Waals surface area contributed by atoms with E-state index in [4.69, 9.17) is 9.84 Å². The van der Waals surface area contributed by atoms with E-state index < -0.39 is 36.3 Å². The molecule has 1 amide bonds. The molecule has 22 heavy (non-hydrogen) atoms. The molecule has 1 unspecified atom stereocenters. The summed E-state index contributed by atoms with van der Waals surface area (Å²) in [6.07, 6.45) is -2.22. The predicted molar refractivity (Wildman–Crippen MR) is 67.8 cm³/mol. The highest BCUT2D eigenvalue weighted by Gasteiger charge is 2.33. The van der Waals surface area contributed by atoms with Gasteiger partial charge in [0.2, 0.25) is 5.91 Å². The fourth-order valence-corrected chi connectivity index (χ4v) is 1.43. The number of carboxylic acid groups (broad SMARTS) is 1. The average Bonchev–Trinajstić information content (AvgIpc) is 2.86. The van der Waals surface area contributed by atoms with E-state index in [1.807, 2.05) is 0 Å². The second-order valence-electron chi connectivity index (χ2n) is 4.18. The standard InChI is InChI=1S/C12H14F3N3O4/c1-2-5-22-7-8(11(20)21)16-10(19)6-18-4-3-9(17-18)12(13,14)15/h2-4,8H,1,5-7H2,(H,16,19)(H,20,21). The van der Waals surface area contributed by atoms with Gasteiger partial charge in [-0.25, -0.2) is 4.79 Å². The summed E-state index contributed by atoms with van der Waals surface area (Å²) >= 11 is 0. The van der Waals surface area contributed by atoms with Crippen LogP contribution >= 0.6 is 0 Å². The van der Waals surface area contributed by atoms with Crippen molar-refractivity contribution in [1.29, 1.82) is 0 Å². The molecule has 0 saturated heterocycles. The lowest BCUT2D eigenvalue weighted by atomic mass is 10.3. The first-order valence-electron chi connectivity index (χ1n) is 6.05. The molecule has 1 rings (SSSR count). The van der Waals surface area contributed by atoms with Gasteiger partial charge in [0.1, 0.15) is 6.54 Å². The predicted octanol–water partition coefficient (Wildman–Crippen LogP) is 0.674. The molecular weight excluding hydrogens is 307 g/mol. The van der Waals surface area contributed by atoms with Crippen molar-refractivity contribution < 1.29 is 32.6 Å². The number of carbonyl (C=O) groups is 2. The third kappa shape index (κ3) is 5.56. The van der Waals surface area contributed by atoms with Crippen molar-refractivity contribution in [2.24, 2.45) is 0 Å². The molecule has 0 aromatic carbocycles. The molecule has 0 spiro atoms. The number of aliphatic carboxylic acids is 1. The second-order valence-corrected chi connectivity index (χ2v) is 4.18. The largest absolute Gasteiger partial charge is 0.480 e. The van der Waals surface area contributed by atoms with Crippen molar-refractivity contribution in [3.63, 3.8) is 0 Å². The van der Waals surface area contributed by atoms with Crippen molar-refractivity contribution >= 4 is 11.9 Å². The molecule has 0 bridgehead atoms. The van der Waals surface area contributed by atoms with Crippen LogP contribution in [-0.4, -0.2) is 46.0 Å². The van der Waals surface area contributed by atoms with E-state index in [1.165, 1.54) is 6.08 Å². The molecule has 7 nitrogen and oxygen atoms in total. The van der Waals surface area contributed by atoms with E-state index in [1.54, 1.807) is 0 Å². The zero-order chi connectivity index (χ0) is 16.8. The zero-order valence-corrected chi connectivity index (χ0v) is 11.3. The topological polar surface area (TPSA) is 93.5 Å². The molecule has 1 aromatic heterocycles. The van der Waals surface area contributed by atoms with Crippen LogP contribution in [0, 0.1) is 0 Å². The van der Waals surface area contributed by atoms with Gasteiger partial charge in [-0.3, -0.25) is 9.48 Å². The van der Waals surface area contributed by atoms with Gasteiger partial charge in [0.05, 0.1) is 13.2 Å². The van der Waals surface area contributed by atoms with E-state index in [0.717, 1.165) is 16.9 Å². The second kappa shape index (κ2) is 7.59. The van der Waals surface area contributed by atoms with Crippen molar-refractivity contribution in [3.05, 3.63) is 30.6 Å². The Labute approximate surface area is 123 Å². The lowest BCUT2D eigenvalue weighted by Crippen LogP contribution is -2.45. The number of rotatable bonds is 8. The summed E-state index contributed by atoms with van der Waals surface area (Å²) in [7, 11) is 0. The highest BCUT2D eigenvalue weighted by Crippen LogP contribution is 2.27. The fourth-order valence-electron chi connectivity index (χ4n) is 1.43. The van der Waals surface area contributed by atoms with Gasteiger partial charge >= 0.3 is 12.1 Å². The number of nitrogens with zero attached hydrogens (tertiary/aromatic N) is 2. The van der Waals surface area contributed by atoms with E-state index in [2.05, 4.69) is 17.0 Å². The number of amides is 1. The Morgan fingerprint density at radius 2 is 2.23 bits per heavy atom. The van der Waals surface area contributed by atoms with E-state index in [0.29, 0.717) is 0 Å². The maximum absolute atomic E-state index is 12.3. The molecule has 1 heterocycles. The van der Waals surface area contributed by atoms with Crippen LogP contribution in [0.25, 0.3) is 0 Å². The molecule has 0 aliphatic rings. The minimum Gasteiger partial charge on any atom is -0.480 e. The molecule has 0 aliphatic carbocycles. The van der Waals surface area contributed by atoms with Crippen LogP contribution in [0.4, 0.5) is 13.2 Å². The SMILES string of the molecule is C=CCOCC(NC(=O)Cn1ccc(C(F)(F)F)n1)C(=O)O. The van der Waals surface area contributed by atoms with Gasteiger partial charge in [0.25, 0.3) is 0 Å². The lowest BCUT2D eigenvalue weighted by molar-refractivity contribution is -0.143. The number of hydrogen-bond acceptors (Lipinski definition) is 4. The quantitative estimate of drug-likeness (QED) is 0.542. The monoisotopic (exact) mass is 321 g/mol. The van der Waals surface area contributed by atoms with Gasteiger partial charge in [-0.1, -0.05) is 6.08 Å². The third-order valence-electron chi connectivity index (χ3n) is 2.39. The van der Waals surface area contributed by atoms with Gasteiger partial charge in [-0.2, -0.15) is 18.3 Å². The number of carbonyl (C=O) groups excluding carboxylic acids is 1. The Hall–Kier alpha value is -2.36. The third-order valence-corrected chi connectivity index (χ3v) is 2.39. The Morgan fingerprint density at radius 1 is 1.55 bits per heavy atom. The van der Waals surface area contributed by atoms with Crippen molar-refractivity contribution in [2.75, 3.05) is 13.2 Å². The van der Waals surface area contributed by atoms with Crippen molar-refractivity contribution in [1.82, 2.24) is 15.1 Å². The summed E-state index contributed by atoms with van der Waals surface area (Å²) in [5.41, 5.74) is -1.13. The molecular formula is C12H14F3N3O4. The first-order chi connectivity index (χ1) is 10.2. The van der Waals surface area contributed by atoms with Crippen molar-refractivity contribution in [3.8, 4) is 0 Å². The van der Waals surface area contributed by atoms with Crippen LogP contribution in [0.5, 0.6) is 0 Å². The van der Waals surface area contributed by atoms with E-state index in [9.17, 15) is 22.8 Å². The maximum atomic E-state index is 12.3. The van der Waals surface area contributed by atoms with Crippen LogP contribution in [0.2, 0.25) is 0 Å². The Morgan fingerprint density at radius 3 is 2.73 bits per heavy atom. The molecule has 0 saturated carbocycles. The van der Waals surface area contributed by atoms with Crippen LogP contribution in [0.1, 0.15) is 5.69 Å². The number of halogens is 3. The first-order valence-corrected chi connectivity index (χ1v) is 6.05. The molecule has 0 radical (unpaired) electrons. The van der Waals surface area contributed by atoms with Gasteiger partial charge in [-0.15, -0.1) is 6.58 Å². The molecule has 1 atom stereocenters. The summed E-state index contributed by atoms with van der Waals surface area (Å²) < 4.78 is 42.7. The number of ether oxygens (including phenoxy) is 1. The summed E-state index contributed by atoms with van der Waals surface area (Å²) in [4.78, 5) is 22.6. The minimum absolute atomic E-state index is 0.105. The normalized spacial score (nSPS) is 12.7. The van der Waals surface area contributed by atoms with Crippen LogP contribution in [0.15, 0.2) is 24.9 Å². The van der Waals surface area contributed by atoms with Crippen LogP contribution in [0.3, 0.4) is 0 Å². The summed E-state index contributed by atoms with van der Waals surface area (Å²) in [5, 5.41) is 14.2. The number of hydrogen-bond donors (Lipinski definition) is 2. The lowest BCUT2D eigenvalue weighted by Gasteiger charge is -2.14. The molecule has 1 aromatic rings. The van der Waals surface area contributed by atoms with Gasteiger partial charge in [-0.05, 0) is 6.07 Å². The fraction of sp³-hybridized carbons (Fsp3) is 0.417. The average molecular weight is 321 g/mol. The number of nitrogens with one attached hydrogen (secondary N) is 1. The van der Waals surface area contributed by atoms with Crippen LogP contribution in [-0.2, 0) is 27.0 Å². The molecule has 10 heteroatoms. The van der Waals surface area contributed by atoms with Crippen molar-refractivity contribution in [2.45, 2.75) is 18.8 Å². The maximum Gasteiger partial charge on any atom is 0.435 e. The summed E-state index contributed by atoms with van der Waals surface area (Å²) in [6, 6.07) is -0.597. The van der Waals surface area contributed by atoms with Crippen LogP contribution < -0.4 is 5.32 Å². The number of alkyl halides is 3. The molecule has 0 fully saturated rings.